The highest BCUT2D eigenvalue weighted by Gasteiger charge is 2.50. The number of hydrogen-bond donors (Lipinski definition) is 0. The van der Waals surface area contributed by atoms with Gasteiger partial charge in [0, 0.05) is 20.8 Å². The van der Waals surface area contributed by atoms with Crippen LogP contribution in [0.25, 0.3) is 0 Å². The predicted molar refractivity (Wildman–Crippen MR) is 96.7 cm³/mol. The van der Waals surface area contributed by atoms with E-state index in [1.807, 2.05) is 0 Å². The summed E-state index contributed by atoms with van der Waals surface area (Å²) in [4.78, 5) is 72.0. The van der Waals surface area contributed by atoms with Crippen molar-refractivity contribution in [3.63, 3.8) is 0 Å². The molecule has 1 rings (SSSR count). The van der Waals surface area contributed by atoms with Gasteiger partial charge in [-0.15, -0.1) is 0 Å². The molecule has 12 nitrogen and oxygen atoms in total. The highest BCUT2D eigenvalue weighted by Crippen LogP contribution is 2.30. The molecule has 166 valence electrons. The third-order valence-electron chi connectivity index (χ3n) is 4.05. The number of nitrogens with zero attached hydrogens (tertiary/aromatic N) is 2. The lowest BCUT2D eigenvalue weighted by atomic mass is 10.0. The Morgan fingerprint density at radius 2 is 1.57 bits per heavy atom. The first kappa shape index (κ1) is 24.6. The second-order valence-electron chi connectivity index (χ2n) is 6.27. The number of amides is 2. The number of hydrazine groups is 1. The molecular formula is C18H24N2O10. The van der Waals surface area contributed by atoms with E-state index in [-0.39, 0.29) is 0 Å². The maximum atomic E-state index is 12.7. The van der Waals surface area contributed by atoms with Crippen molar-refractivity contribution in [3.05, 3.63) is 11.8 Å². The molecule has 0 N–H and O–H groups in total. The van der Waals surface area contributed by atoms with E-state index in [4.69, 9.17) is 9.47 Å². The molecule has 0 radical (unpaired) electrons. The van der Waals surface area contributed by atoms with Gasteiger partial charge in [0.05, 0.1) is 26.7 Å². The standard InChI is InChI=1S/C18H24N2O10/c1-9(29-11(3)22)17(30-12(4)23)13-7-15(24)20(19(13)10(2)21)14(18(26)28-6)8-16(25)27-5/h8-9,13,17H,7H2,1-6H3/b14-8-/t9-,13+,17-/m0/s1. The van der Waals surface area contributed by atoms with Crippen molar-refractivity contribution in [1.29, 1.82) is 0 Å². The average molecular weight is 428 g/mol. The molecule has 1 fully saturated rings. The normalized spacial score (nSPS) is 18.4. The van der Waals surface area contributed by atoms with Crippen molar-refractivity contribution in [3.8, 4) is 0 Å². The Morgan fingerprint density at radius 3 is 2.00 bits per heavy atom. The van der Waals surface area contributed by atoms with E-state index >= 15 is 0 Å². The van der Waals surface area contributed by atoms with Crippen molar-refractivity contribution in [2.45, 2.75) is 52.4 Å². The number of carbonyl (C=O) groups excluding carboxylic acids is 6. The number of carbonyl (C=O) groups is 6. The predicted octanol–water partition coefficient (Wildman–Crippen LogP) is -0.536. The molecule has 1 aliphatic rings. The van der Waals surface area contributed by atoms with Crippen LogP contribution in [-0.2, 0) is 47.7 Å². The minimum absolute atomic E-state index is 0.390. The number of hydrogen-bond acceptors (Lipinski definition) is 10. The Balaban J connectivity index is 3.50. The zero-order valence-electron chi connectivity index (χ0n) is 17.5. The first-order valence-electron chi connectivity index (χ1n) is 8.79. The van der Waals surface area contributed by atoms with Gasteiger partial charge in [-0.3, -0.25) is 19.2 Å². The van der Waals surface area contributed by atoms with Gasteiger partial charge in [-0.25, -0.2) is 19.6 Å². The molecule has 0 unspecified atom stereocenters. The van der Waals surface area contributed by atoms with Crippen LogP contribution in [-0.4, -0.2) is 78.2 Å². The van der Waals surface area contributed by atoms with Crippen molar-refractivity contribution >= 4 is 35.7 Å². The summed E-state index contributed by atoms with van der Waals surface area (Å²) in [7, 11) is 2.08. The Hall–Kier alpha value is -3.44. The van der Waals surface area contributed by atoms with Crippen LogP contribution in [0.15, 0.2) is 11.8 Å². The molecule has 12 heteroatoms. The number of rotatable bonds is 7. The van der Waals surface area contributed by atoms with Gasteiger partial charge in [0.1, 0.15) is 12.1 Å². The van der Waals surface area contributed by atoms with Crippen molar-refractivity contribution < 1.29 is 47.7 Å². The molecule has 2 amide bonds. The fourth-order valence-corrected chi connectivity index (χ4v) is 2.99. The van der Waals surface area contributed by atoms with Crippen molar-refractivity contribution in [2.24, 2.45) is 0 Å². The molecule has 0 aromatic heterocycles. The number of esters is 4. The van der Waals surface area contributed by atoms with Gasteiger partial charge in [0.25, 0.3) is 0 Å². The fourth-order valence-electron chi connectivity index (χ4n) is 2.99. The molecule has 1 heterocycles. The summed E-state index contributed by atoms with van der Waals surface area (Å²) in [6, 6.07) is -1.13. The zero-order chi connectivity index (χ0) is 23.2. The summed E-state index contributed by atoms with van der Waals surface area (Å²) in [6.07, 6.45) is -1.96. The van der Waals surface area contributed by atoms with E-state index < -0.39 is 66.1 Å². The fraction of sp³-hybridized carbons (Fsp3) is 0.556. The summed E-state index contributed by atoms with van der Waals surface area (Å²) in [5.74, 6) is -4.94. The lowest BCUT2D eigenvalue weighted by molar-refractivity contribution is -0.176. The Labute approximate surface area is 172 Å². The first-order valence-corrected chi connectivity index (χ1v) is 8.79. The first-order chi connectivity index (χ1) is 13.9. The molecule has 3 atom stereocenters. The number of ether oxygens (including phenoxy) is 4. The topological polar surface area (TPSA) is 146 Å². The van der Waals surface area contributed by atoms with Gasteiger partial charge in [-0.2, -0.15) is 0 Å². The quantitative estimate of drug-likeness (QED) is 0.294. The molecule has 0 aliphatic carbocycles. The van der Waals surface area contributed by atoms with Gasteiger partial charge < -0.3 is 18.9 Å². The molecule has 0 bridgehead atoms. The second kappa shape index (κ2) is 10.4. The maximum Gasteiger partial charge on any atom is 0.357 e. The van der Waals surface area contributed by atoms with Crippen molar-refractivity contribution in [2.75, 3.05) is 14.2 Å². The summed E-state index contributed by atoms with van der Waals surface area (Å²) in [6.45, 7) is 4.78. The minimum Gasteiger partial charge on any atom is -0.466 e. The lowest BCUT2D eigenvalue weighted by Gasteiger charge is -2.36. The van der Waals surface area contributed by atoms with E-state index in [1.165, 1.54) is 6.92 Å². The van der Waals surface area contributed by atoms with Gasteiger partial charge in [-0.1, -0.05) is 0 Å². The van der Waals surface area contributed by atoms with Gasteiger partial charge >= 0.3 is 23.9 Å². The minimum atomic E-state index is -1.23. The molecule has 0 spiro atoms. The SMILES string of the molecule is COC(=O)/C=C(/C(=O)OC)N1C(=O)C[C@H]([C@@H](OC(C)=O)[C@H](C)OC(C)=O)N1C(C)=O. The molecule has 1 saturated heterocycles. The molecule has 0 saturated carbocycles. The van der Waals surface area contributed by atoms with E-state index in [0.717, 1.165) is 40.0 Å². The van der Waals surface area contributed by atoms with Gasteiger partial charge in [0.2, 0.25) is 11.8 Å². The smallest absolute Gasteiger partial charge is 0.357 e. The van der Waals surface area contributed by atoms with Crippen LogP contribution in [0, 0.1) is 0 Å². The van der Waals surface area contributed by atoms with Crippen molar-refractivity contribution in [1.82, 2.24) is 10.0 Å². The van der Waals surface area contributed by atoms with Crippen LogP contribution in [0.4, 0.5) is 0 Å². The van der Waals surface area contributed by atoms with Gasteiger partial charge in [0.15, 0.2) is 11.8 Å². The average Bonchev–Trinajstić information content (AvgIpc) is 2.99. The largest absolute Gasteiger partial charge is 0.466 e. The third kappa shape index (κ3) is 5.78. The highest BCUT2D eigenvalue weighted by atomic mass is 16.6. The van der Waals surface area contributed by atoms with E-state index in [1.54, 1.807) is 0 Å². The summed E-state index contributed by atoms with van der Waals surface area (Å²) < 4.78 is 19.4. The second-order valence-corrected chi connectivity index (χ2v) is 6.27. The molecule has 0 aromatic rings. The third-order valence-corrected chi connectivity index (χ3v) is 4.05. The number of methoxy groups -OCH3 is 2. The Bertz CT molecular complexity index is 775. The van der Waals surface area contributed by atoms with E-state index in [9.17, 15) is 28.8 Å². The summed E-state index contributed by atoms with van der Waals surface area (Å²) in [5.41, 5.74) is -0.575. The van der Waals surface area contributed by atoms with E-state index in [2.05, 4.69) is 9.47 Å². The molecular weight excluding hydrogens is 404 g/mol. The summed E-state index contributed by atoms with van der Waals surface area (Å²) >= 11 is 0. The van der Waals surface area contributed by atoms with E-state index in [0.29, 0.717) is 11.1 Å². The van der Waals surface area contributed by atoms with Crippen LogP contribution < -0.4 is 0 Å². The zero-order valence-corrected chi connectivity index (χ0v) is 17.5. The Kier molecular flexibility index (Phi) is 8.50. The molecule has 0 aromatic carbocycles. The highest BCUT2D eigenvalue weighted by molar-refractivity contribution is 6.01. The van der Waals surface area contributed by atoms with Gasteiger partial charge in [-0.05, 0) is 6.92 Å². The van der Waals surface area contributed by atoms with Crippen LogP contribution >= 0.6 is 0 Å². The monoisotopic (exact) mass is 428 g/mol. The van der Waals surface area contributed by atoms with Crippen LogP contribution in [0.1, 0.15) is 34.1 Å². The molecule has 30 heavy (non-hydrogen) atoms. The van der Waals surface area contributed by atoms with Crippen LogP contribution in [0.5, 0.6) is 0 Å². The lowest BCUT2D eigenvalue weighted by Crippen LogP contribution is -2.54. The molecule has 1 aliphatic heterocycles. The summed E-state index contributed by atoms with van der Waals surface area (Å²) in [5, 5.41) is 1.51. The van der Waals surface area contributed by atoms with Crippen LogP contribution in [0.3, 0.4) is 0 Å². The maximum absolute atomic E-state index is 12.7. The van der Waals surface area contributed by atoms with Crippen LogP contribution in [0.2, 0.25) is 0 Å². The Morgan fingerprint density at radius 1 is 1.00 bits per heavy atom.